The van der Waals surface area contributed by atoms with Gasteiger partial charge in [-0.25, -0.2) is 4.79 Å². The van der Waals surface area contributed by atoms with E-state index in [1.165, 1.54) is 11.3 Å². The molecule has 9 heteroatoms. The number of hydrogen-bond donors (Lipinski definition) is 4. The van der Waals surface area contributed by atoms with Gasteiger partial charge in [0.25, 0.3) is 0 Å². The summed E-state index contributed by atoms with van der Waals surface area (Å²) >= 11 is 1.36. The minimum Gasteiger partial charge on any atom is -0.399 e. The van der Waals surface area contributed by atoms with Crippen molar-refractivity contribution in [3.63, 3.8) is 0 Å². The minimum atomic E-state index is -0.484. The molecule has 0 spiro atoms. The van der Waals surface area contributed by atoms with Crippen molar-refractivity contribution < 1.29 is 19.4 Å². The predicted molar refractivity (Wildman–Crippen MR) is 112 cm³/mol. The molecule has 0 radical (unpaired) electrons. The van der Waals surface area contributed by atoms with E-state index in [9.17, 15) is 9.90 Å². The van der Waals surface area contributed by atoms with Crippen LogP contribution in [0.3, 0.4) is 0 Å². The van der Waals surface area contributed by atoms with E-state index in [0.717, 1.165) is 44.5 Å². The van der Waals surface area contributed by atoms with Gasteiger partial charge in [-0.15, -0.1) is 0 Å². The van der Waals surface area contributed by atoms with Crippen molar-refractivity contribution in [1.29, 1.82) is 0 Å². The van der Waals surface area contributed by atoms with Crippen LogP contribution < -0.4 is 10.1 Å². The molecule has 1 aromatic carbocycles. The molecule has 0 fully saturated rings. The van der Waals surface area contributed by atoms with E-state index in [2.05, 4.69) is 20.5 Å². The molecule has 0 aliphatic heterocycles. The van der Waals surface area contributed by atoms with Gasteiger partial charge in [-0.1, -0.05) is 17.4 Å². The van der Waals surface area contributed by atoms with Gasteiger partial charge in [-0.3, -0.25) is 5.10 Å². The number of hydrogen-bond acceptors (Lipinski definition) is 6. The first-order chi connectivity index (χ1) is 14.2. The Morgan fingerprint density at radius 3 is 3.00 bits per heavy atom. The summed E-state index contributed by atoms with van der Waals surface area (Å²) in [7, 11) is 0. The quantitative estimate of drug-likeness (QED) is 0.328. The van der Waals surface area contributed by atoms with E-state index >= 15 is 0 Å². The maximum Gasteiger partial charge on any atom is 0.413 e. The number of carbonyl (C=O) groups excluding carboxylic acids is 1. The number of thiophene rings is 1. The second kappa shape index (κ2) is 8.64. The van der Waals surface area contributed by atoms with Crippen LogP contribution in [0.4, 0.5) is 4.79 Å². The zero-order valence-electron chi connectivity index (χ0n) is 15.9. The SMILES string of the molecule is CCOCCCNC(=O)Oc1cc2[nH]nc(-c3cc4cc(CO)ccc4[nH]3)c2s1. The molecule has 0 atom stereocenters. The van der Waals surface area contributed by atoms with Crippen LogP contribution in [0.2, 0.25) is 0 Å². The molecule has 8 nitrogen and oxygen atoms in total. The van der Waals surface area contributed by atoms with Crippen LogP contribution in [0.1, 0.15) is 18.9 Å². The van der Waals surface area contributed by atoms with Crippen LogP contribution in [0.25, 0.3) is 32.5 Å². The first-order valence-electron chi connectivity index (χ1n) is 9.42. The van der Waals surface area contributed by atoms with Gasteiger partial charge >= 0.3 is 6.09 Å². The summed E-state index contributed by atoms with van der Waals surface area (Å²) in [6.07, 6.45) is 0.253. The molecule has 0 saturated carbocycles. The maximum atomic E-state index is 12.0. The van der Waals surface area contributed by atoms with E-state index in [-0.39, 0.29) is 6.61 Å². The topological polar surface area (TPSA) is 112 Å². The highest BCUT2D eigenvalue weighted by Gasteiger charge is 2.16. The maximum absolute atomic E-state index is 12.0. The fourth-order valence-corrected chi connectivity index (χ4v) is 4.03. The third kappa shape index (κ3) is 4.26. The summed E-state index contributed by atoms with van der Waals surface area (Å²) in [6.45, 7) is 3.72. The molecule has 29 heavy (non-hydrogen) atoms. The number of aromatic nitrogens is 3. The molecular formula is C20H22N4O4S. The lowest BCUT2D eigenvalue weighted by atomic mass is 10.1. The van der Waals surface area contributed by atoms with Gasteiger partial charge in [0, 0.05) is 36.7 Å². The summed E-state index contributed by atoms with van der Waals surface area (Å²) < 4.78 is 11.5. The third-order valence-electron chi connectivity index (χ3n) is 4.47. The molecule has 4 N–H and O–H groups in total. The lowest BCUT2D eigenvalue weighted by Gasteiger charge is -2.04. The standard InChI is InChI=1S/C20H22N4O4S/c1-2-27-7-3-6-21-20(26)28-17-10-16-19(29-17)18(24-23-16)15-9-13-8-12(11-25)4-5-14(13)22-15/h4-5,8-10,22,25H,2-3,6-7,11H2,1H3,(H,21,26)(H,23,24). The summed E-state index contributed by atoms with van der Waals surface area (Å²) in [5.41, 5.74) is 4.25. The van der Waals surface area contributed by atoms with Gasteiger partial charge in [-0.2, -0.15) is 5.10 Å². The lowest BCUT2D eigenvalue weighted by molar-refractivity contribution is 0.144. The first kappa shape index (κ1) is 19.4. The molecule has 0 bridgehead atoms. The zero-order valence-corrected chi connectivity index (χ0v) is 16.8. The van der Waals surface area contributed by atoms with Crippen LogP contribution >= 0.6 is 11.3 Å². The fourth-order valence-electron chi connectivity index (χ4n) is 3.07. The van der Waals surface area contributed by atoms with Gasteiger partial charge in [0.15, 0.2) is 5.06 Å². The van der Waals surface area contributed by atoms with Crippen LogP contribution in [0.5, 0.6) is 5.06 Å². The van der Waals surface area contributed by atoms with Crippen molar-refractivity contribution in [3.05, 3.63) is 35.9 Å². The molecular weight excluding hydrogens is 392 g/mol. The molecule has 0 unspecified atom stereocenters. The number of nitrogens with zero attached hydrogens (tertiary/aromatic N) is 1. The molecule has 0 saturated heterocycles. The minimum absolute atomic E-state index is 0.00240. The van der Waals surface area contributed by atoms with E-state index in [1.54, 1.807) is 6.07 Å². The Morgan fingerprint density at radius 2 is 2.17 bits per heavy atom. The average molecular weight is 414 g/mol. The number of nitrogens with one attached hydrogen (secondary N) is 3. The summed E-state index contributed by atoms with van der Waals surface area (Å²) in [4.78, 5) is 15.3. The van der Waals surface area contributed by atoms with Crippen LogP contribution in [-0.4, -0.2) is 46.1 Å². The molecule has 3 heterocycles. The Bertz CT molecular complexity index is 1130. The van der Waals surface area contributed by atoms with Gasteiger partial charge in [0.05, 0.1) is 22.5 Å². The van der Waals surface area contributed by atoms with Crippen molar-refractivity contribution in [2.24, 2.45) is 0 Å². The van der Waals surface area contributed by atoms with Gasteiger partial charge in [0.2, 0.25) is 0 Å². The Balaban J connectivity index is 1.48. The number of benzene rings is 1. The fraction of sp³-hybridized carbons (Fsp3) is 0.300. The molecule has 1 amide bonds. The summed E-state index contributed by atoms with van der Waals surface area (Å²) in [5, 5.41) is 20.9. The van der Waals surface area contributed by atoms with Gasteiger partial charge in [-0.05, 0) is 37.1 Å². The highest BCUT2D eigenvalue weighted by molar-refractivity contribution is 7.21. The second-order valence-corrected chi connectivity index (χ2v) is 7.52. The van der Waals surface area contributed by atoms with E-state index in [0.29, 0.717) is 24.8 Å². The van der Waals surface area contributed by atoms with Crippen molar-refractivity contribution in [3.8, 4) is 16.5 Å². The van der Waals surface area contributed by atoms with Crippen molar-refractivity contribution in [2.45, 2.75) is 20.0 Å². The zero-order chi connectivity index (χ0) is 20.2. The number of carbonyl (C=O) groups is 1. The van der Waals surface area contributed by atoms with Crippen LogP contribution in [0, 0.1) is 0 Å². The van der Waals surface area contributed by atoms with Crippen molar-refractivity contribution >= 4 is 38.5 Å². The van der Waals surface area contributed by atoms with Crippen LogP contribution in [-0.2, 0) is 11.3 Å². The number of ether oxygens (including phenoxy) is 2. The van der Waals surface area contributed by atoms with Gasteiger partial charge < -0.3 is 24.9 Å². The van der Waals surface area contributed by atoms with E-state index in [1.807, 2.05) is 31.2 Å². The highest BCUT2D eigenvalue weighted by Crippen LogP contribution is 2.37. The van der Waals surface area contributed by atoms with E-state index in [4.69, 9.17) is 9.47 Å². The first-order valence-corrected chi connectivity index (χ1v) is 10.2. The Morgan fingerprint density at radius 1 is 1.28 bits per heavy atom. The van der Waals surface area contributed by atoms with Crippen molar-refractivity contribution in [2.75, 3.05) is 19.8 Å². The summed E-state index contributed by atoms with van der Waals surface area (Å²) in [6, 6.07) is 9.52. The monoisotopic (exact) mass is 414 g/mol. The normalized spacial score (nSPS) is 11.4. The number of aromatic amines is 2. The predicted octanol–water partition coefficient (Wildman–Crippen LogP) is 3.78. The Kier molecular flexibility index (Phi) is 5.79. The number of amides is 1. The Hall–Kier alpha value is -2.88. The third-order valence-corrected chi connectivity index (χ3v) is 5.49. The van der Waals surface area contributed by atoms with Crippen LogP contribution in [0.15, 0.2) is 30.3 Å². The number of H-pyrrole nitrogens is 2. The smallest absolute Gasteiger partial charge is 0.399 e. The van der Waals surface area contributed by atoms with Gasteiger partial charge in [0.1, 0.15) is 5.69 Å². The number of rotatable bonds is 8. The largest absolute Gasteiger partial charge is 0.413 e. The lowest BCUT2D eigenvalue weighted by Crippen LogP contribution is -2.28. The second-order valence-electron chi connectivity index (χ2n) is 6.51. The van der Waals surface area contributed by atoms with E-state index < -0.39 is 6.09 Å². The molecule has 152 valence electrons. The number of aliphatic hydroxyl groups excluding tert-OH is 1. The molecule has 0 aliphatic carbocycles. The summed E-state index contributed by atoms with van der Waals surface area (Å²) in [5.74, 6) is 0. The number of aliphatic hydroxyl groups is 1. The molecule has 4 rings (SSSR count). The molecule has 4 aromatic rings. The molecule has 3 aromatic heterocycles. The highest BCUT2D eigenvalue weighted by atomic mass is 32.1. The average Bonchev–Trinajstić information content (AvgIpc) is 3.40. The number of fused-ring (bicyclic) bond motifs is 2. The Labute approximate surface area is 170 Å². The van der Waals surface area contributed by atoms with Crippen molar-refractivity contribution in [1.82, 2.24) is 20.5 Å². The molecule has 0 aliphatic rings.